The standard InChI is InChI=1S/C44H60O4/c1-29-24-35-42(7,33-25-34(45)38(30(2)37(29)33)47-27-31-16-12-10-13-17-31)21-23-44(9)36(40(3,4)20-22-43(35,44)8)26-41(5,6)39(46)48-28-32-18-14-11-15-19-32/h10-19,25,29,34-36,38,45H,20-24,26-28H2,1-9H3/t29?,34?,35?,36-,38?,42+,43-,44+/m1/s1. The van der Waals surface area contributed by atoms with Crippen LogP contribution in [0.3, 0.4) is 0 Å². The molecule has 0 heterocycles. The molecule has 0 bridgehead atoms. The minimum Gasteiger partial charge on any atom is -0.460 e. The Bertz CT molecular complexity index is 1550. The van der Waals surface area contributed by atoms with Crippen LogP contribution in [0.5, 0.6) is 0 Å². The Morgan fingerprint density at radius 2 is 1.44 bits per heavy atom. The third-order valence-electron chi connectivity index (χ3n) is 14.2. The molecule has 0 spiro atoms. The molecule has 8 atom stereocenters. The summed E-state index contributed by atoms with van der Waals surface area (Å²) in [5.41, 5.74) is 5.86. The van der Waals surface area contributed by atoms with Gasteiger partial charge in [-0.25, -0.2) is 0 Å². The van der Waals surface area contributed by atoms with Gasteiger partial charge in [0.1, 0.15) is 18.8 Å². The van der Waals surface area contributed by atoms with E-state index in [0.717, 1.165) is 43.2 Å². The highest BCUT2D eigenvalue weighted by atomic mass is 16.5. The average molecular weight is 653 g/mol. The van der Waals surface area contributed by atoms with Crippen LogP contribution in [0.1, 0.15) is 112 Å². The summed E-state index contributed by atoms with van der Waals surface area (Å²) in [5.74, 6) is 1.16. The first-order valence-electron chi connectivity index (χ1n) is 18.5. The first-order valence-corrected chi connectivity index (χ1v) is 18.5. The van der Waals surface area contributed by atoms with Crippen molar-refractivity contribution in [1.29, 1.82) is 0 Å². The Morgan fingerprint density at radius 1 is 0.854 bits per heavy atom. The van der Waals surface area contributed by atoms with E-state index in [1.807, 2.05) is 48.5 Å². The van der Waals surface area contributed by atoms with Crippen LogP contribution in [0.4, 0.5) is 0 Å². The van der Waals surface area contributed by atoms with E-state index < -0.39 is 11.5 Å². The van der Waals surface area contributed by atoms with Crippen LogP contribution in [0.25, 0.3) is 0 Å². The van der Waals surface area contributed by atoms with Crippen molar-refractivity contribution in [3.8, 4) is 0 Å². The largest absolute Gasteiger partial charge is 0.460 e. The lowest BCUT2D eigenvalue weighted by Gasteiger charge is -2.71. The van der Waals surface area contributed by atoms with E-state index in [0.29, 0.717) is 31.0 Å². The van der Waals surface area contributed by atoms with Crippen molar-refractivity contribution in [2.24, 2.45) is 44.8 Å². The molecule has 4 aliphatic carbocycles. The molecule has 0 amide bonds. The van der Waals surface area contributed by atoms with Gasteiger partial charge in [0.15, 0.2) is 0 Å². The average Bonchev–Trinajstić information content (AvgIpc) is 3.05. The minimum atomic E-state index is -0.655. The molecule has 4 nitrogen and oxygen atoms in total. The van der Waals surface area contributed by atoms with Gasteiger partial charge in [-0.05, 0) is 133 Å². The number of fused-ring (bicyclic) bond motifs is 5. The Labute approximate surface area is 290 Å². The third kappa shape index (κ3) is 5.83. The van der Waals surface area contributed by atoms with Gasteiger partial charge in [0.2, 0.25) is 0 Å². The molecular formula is C44H60O4. The summed E-state index contributed by atoms with van der Waals surface area (Å²) < 4.78 is 12.4. The molecule has 3 saturated carbocycles. The van der Waals surface area contributed by atoms with Crippen molar-refractivity contribution >= 4 is 5.97 Å². The van der Waals surface area contributed by atoms with E-state index in [-0.39, 0.29) is 33.7 Å². The number of allylic oxidation sites excluding steroid dienone is 2. The molecule has 0 aromatic heterocycles. The summed E-state index contributed by atoms with van der Waals surface area (Å²) >= 11 is 0. The van der Waals surface area contributed by atoms with Gasteiger partial charge in [-0.15, -0.1) is 0 Å². The quantitative estimate of drug-likeness (QED) is 0.288. The lowest BCUT2D eigenvalue weighted by atomic mass is 9.33. The van der Waals surface area contributed by atoms with E-state index in [9.17, 15) is 9.90 Å². The van der Waals surface area contributed by atoms with Gasteiger partial charge in [-0.2, -0.15) is 0 Å². The summed E-state index contributed by atoms with van der Waals surface area (Å²) in [5, 5.41) is 11.6. The maximum Gasteiger partial charge on any atom is 0.311 e. The Balaban J connectivity index is 1.27. The number of carbonyl (C=O) groups excluding carboxylic acids is 1. The fourth-order valence-corrected chi connectivity index (χ4v) is 11.2. The van der Waals surface area contributed by atoms with Crippen molar-refractivity contribution in [3.05, 3.63) is 94.6 Å². The second-order valence-electron chi connectivity index (χ2n) is 18.0. The van der Waals surface area contributed by atoms with Gasteiger partial charge < -0.3 is 14.6 Å². The van der Waals surface area contributed by atoms with Gasteiger partial charge in [0.25, 0.3) is 0 Å². The fraction of sp³-hybridized carbons (Fsp3) is 0.614. The number of rotatable bonds is 8. The summed E-state index contributed by atoms with van der Waals surface area (Å²) in [6.45, 7) is 22.2. The molecule has 2 aromatic rings. The number of aliphatic hydroxyl groups is 1. The highest BCUT2D eigenvalue weighted by Crippen LogP contribution is 2.75. The molecule has 4 aliphatic rings. The minimum absolute atomic E-state index is 0.0150. The Hall–Kier alpha value is -2.69. The van der Waals surface area contributed by atoms with Crippen LogP contribution in [0.15, 0.2) is 83.5 Å². The van der Waals surface area contributed by atoms with Gasteiger partial charge in [0, 0.05) is 0 Å². The topological polar surface area (TPSA) is 55.8 Å². The van der Waals surface area contributed by atoms with Crippen LogP contribution < -0.4 is 0 Å². The first-order chi connectivity index (χ1) is 22.5. The van der Waals surface area contributed by atoms with Crippen molar-refractivity contribution in [1.82, 2.24) is 0 Å². The molecule has 2 aromatic carbocycles. The number of esters is 1. The van der Waals surface area contributed by atoms with Gasteiger partial charge in [-0.3, -0.25) is 4.79 Å². The number of ether oxygens (including phenoxy) is 2. The zero-order valence-corrected chi connectivity index (χ0v) is 31.1. The number of benzene rings is 2. The summed E-state index contributed by atoms with van der Waals surface area (Å²) in [7, 11) is 0. The van der Waals surface area contributed by atoms with Crippen LogP contribution in [0, 0.1) is 44.8 Å². The summed E-state index contributed by atoms with van der Waals surface area (Å²) in [4.78, 5) is 13.7. The maximum absolute atomic E-state index is 13.7. The molecule has 1 N–H and O–H groups in total. The van der Waals surface area contributed by atoms with E-state index in [4.69, 9.17) is 9.47 Å². The number of hydrogen-bond donors (Lipinski definition) is 1. The number of aliphatic hydroxyl groups excluding tert-OH is 1. The predicted octanol–water partition coefficient (Wildman–Crippen LogP) is 10.3. The van der Waals surface area contributed by atoms with Gasteiger partial charge in [0.05, 0.1) is 12.0 Å². The SMILES string of the molecule is CC1=C2C(=CC(O)C1OCc1ccccc1)[C@]1(C)CC[C@@]3(C)[C@H](CC(C)(C)C(=O)OCc4ccccc4)C(C)(C)CC[C@]3(C)C1CC2C. The van der Waals surface area contributed by atoms with Crippen LogP contribution in [-0.2, 0) is 27.5 Å². The van der Waals surface area contributed by atoms with Gasteiger partial charge in [-0.1, -0.05) is 102 Å². The molecule has 48 heavy (non-hydrogen) atoms. The summed E-state index contributed by atoms with van der Waals surface area (Å²) in [6, 6.07) is 20.3. The first kappa shape index (κ1) is 35.1. The maximum atomic E-state index is 13.7. The number of carbonyl (C=O) groups is 1. The molecule has 260 valence electrons. The molecule has 0 saturated heterocycles. The lowest BCUT2D eigenvalue weighted by Crippen LogP contribution is -2.64. The van der Waals surface area contributed by atoms with Crippen LogP contribution in [0.2, 0.25) is 0 Å². The Morgan fingerprint density at radius 3 is 2.06 bits per heavy atom. The van der Waals surface area contributed by atoms with Gasteiger partial charge >= 0.3 is 5.97 Å². The molecule has 0 aliphatic heterocycles. The smallest absolute Gasteiger partial charge is 0.311 e. The van der Waals surface area contributed by atoms with E-state index in [1.54, 1.807) is 0 Å². The zero-order valence-electron chi connectivity index (χ0n) is 31.1. The normalized spacial score (nSPS) is 36.0. The lowest BCUT2D eigenvalue weighted by molar-refractivity contribution is -0.206. The van der Waals surface area contributed by atoms with Crippen molar-refractivity contribution < 1.29 is 19.4 Å². The van der Waals surface area contributed by atoms with Crippen LogP contribution in [-0.4, -0.2) is 23.3 Å². The van der Waals surface area contributed by atoms with Crippen LogP contribution >= 0.6 is 0 Å². The fourth-order valence-electron chi connectivity index (χ4n) is 11.2. The Kier molecular flexibility index (Phi) is 9.21. The van der Waals surface area contributed by atoms with Crippen molar-refractivity contribution in [2.75, 3.05) is 0 Å². The van der Waals surface area contributed by atoms with Crippen molar-refractivity contribution in [2.45, 2.75) is 126 Å². The molecule has 3 fully saturated rings. The monoisotopic (exact) mass is 652 g/mol. The van der Waals surface area contributed by atoms with E-state index in [2.05, 4.69) is 80.5 Å². The highest BCUT2D eigenvalue weighted by molar-refractivity contribution is 5.76. The second-order valence-corrected chi connectivity index (χ2v) is 18.0. The molecule has 4 heteroatoms. The molecule has 6 rings (SSSR count). The van der Waals surface area contributed by atoms with E-state index >= 15 is 0 Å². The predicted molar refractivity (Wildman–Crippen MR) is 194 cm³/mol. The van der Waals surface area contributed by atoms with E-state index in [1.165, 1.54) is 23.1 Å². The second kappa shape index (κ2) is 12.6. The molecular weight excluding hydrogens is 592 g/mol. The number of hydrogen-bond acceptors (Lipinski definition) is 4. The molecule has 4 unspecified atom stereocenters. The zero-order chi connectivity index (χ0) is 34.7. The molecule has 0 radical (unpaired) electrons. The van der Waals surface area contributed by atoms with Crippen molar-refractivity contribution in [3.63, 3.8) is 0 Å². The summed E-state index contributed by atoms with van der Waals surface area (Å²) in [6.07, 6.45) is 7.72. The third-order valence-corrected chi connectivity index (χ3v) is 14.2. The highest BCUT2D eigenvalue weighted by Gasteiger charge is 2.68.